The topological polar surface area (TPSA) is 85.6 Å². The summed E-state index contributed by atoms with van der Waals surface area (Å²) in [7, 11) is 0. The molecule has 30 heavy (non-hydrogen) atoms. The van der Waals surface area contributed by atoms with E-state index in [4.69, 9.17) is 0 Å². The van der Waals surface area contributed by atoms with Crippen molar-refractivity contribution in [3.8, 4) is 17.2 Å². The number of carbonyl (C=O) groups excluding carboxylic acids is 1. The van der Waals surface area contributed by atoms with Crippen molar-refractivity contribution >= 4 is 23.4 Å². The van der Waals surface area contributed by atoms with Gasteiger partial charge in [-0.2, -0.15) is 0 Å². The van der Waals surface area contributed by atoms with Gasteiger partial charge < -0.3 is 5.32 Å². The molecule has 1 amide bonds. The van der Waals surface area contributed by atoms with Crippen LogP contribution in [0.25, 0.3) is 17.2 Å². The number of benzene rings is 2. The molecule has 2 aromatic heterocycles. The first-order valence-electron chi connectivity index (χ1n) is 9.39. The molecular weight excluding hydrogens is 396 g/mol. The zero-order chi connectivity index (χ0) is 20.9. The summed E-state index contributed by atoms with van der Waals surface area (Å²) in [6.07, 6.45) is 4.87. The quantitative estimate of drug-likeness (QED) is 0.477. The standard InChI is InChI=1S/C22H20N6OS/c1-15-8-9-16(2)18(12-15)25-20(29)14-30-22-27-26-21(19-13-23-10-11-24-19)28(22)17-6-4-3-5-7-17/h3-13H,14H2,1-2H3,(H,25,29). The summed E-state index contributed by atoms with van der Waals surface area (Å²) >= 11 is 1.32. The highest BCUT2D eigenvalue weighted by Gasteiger charge is 2.18. The van der Waals surface area contributed by atoms with Gasteiger partial charge in [0, 0.05) is 23.8 Å². The number of amides is 1. The Balaban J connectivity index is 1.58. The van der Waals surface area contributed by atoms with Crippen molar-refractivity contribution in [2.75, 3.05) is 11.1 Å². The number of nitrogens with zero attached hydrogens (tertiary/aromatic N) is 5. The smallest absolute Gasteiger partial charge is 0.234 e. The van der Waals surface area contributed by atoms with Gasteiger partial charge in [-0.25, -0.2) is 4.98 Å². The van der Waals surface area contributed by atoms with E-state index in [2.05, 4.69) is 25.5 Å². The Bertz CT molecular complexity index is 1160. The Hall–Kier alpha value is -3.52. The van der Waals surface area contributed by atoms with Crippen molar-refractivity contribution < 1.29 is 4.79 Å². The van der Waals surface area contributed by atoms with Gasteiger partial charge >= 0.3 is 0 Å². The van der Waals surface area contributed by atoms with E-state index >= 15 is 0 Å². The van der Waals surface area contributed by atoms with E-state index < -0.39 is 0 Å². The number of aromatic nitrogens is 5. The second-order valence-corrected chi connectivity index (χ2v) is 7.67. The number of rotatable bonds is 6. The molecule has 0 aliphatic rings. The average molecular weight is 417 g/mol. The lowest BCUT2D eigenvalue weighted by molar-refractivity contribution is -0.113. The predicted molar refractivity (Wildman–Crippen MR) is 118 cm³/mol. The molecule has 0 saturated heterocycles. The highest BCUT2D eigenvalue weighted by Crippen LogP contribution is 2.27. The molecule has 2 heterocycles. The summed E-state index contributed by atoms with van der Waals surface area (Å²) in [5.74, 6) is 0.683. The van der Waals surface area contributed by atoms with Crippen LogP contribution in [0.4, 0.5) is 5.69 Å². The van der Waals surface area contributed by atoms with E-state index in [1.165, 1.54) is 11.8 Å². The lowest BCUT2D eigenvalue weighted by atomic mass is 10.1. The van der Waals surface area contributed by atoms with Crippen molar-refractivity contribution in [2.45, 2.75) is 19.0 Å². The third kappa shape index (κ3) is 4.38. The average Bonchev–Trinajstić information content (AvgIpc) is 3.20. The van der Waals surface area contributed by atoms with Crippen LogP contribution in [-0.2, 0) is 4.79 Å². The van der Waals surface area contributed by atoms with Crippen LogP contribution in [0.3, 0.4) is 0 Å². The maximum atomic E-state index is 12.6. The highest BCUT2D eigenvalue weighted by atomic mass is 32.2. The molecule has 0 saturated carbocycles. The fraction of sp³-hybridized carbons (Fsp3) is 0.136. The number of carbonyl (C=O) groups is 1. The first-order valence-corrected chi connectivity index (χ1v) is 10.4. The number of aryl methyl sites for hydroxylation is 2. The summed E-state index contributed by atoms with van der Waals surface area (Å²) in [5.41, 5.74) is 4.45. The van der Waals surface area contributed by atoms with E-state index in [0.29, 0.717) is 16.7 Å². The van der Waals surface area contributed by atoms with Crippen molar-refractivity contribution in [3.05, 3.63) is 78.2 Å². The molecule has 0 fully saturated rings. The molecule has 8 heteroatoms. The highest BCUT2D eigenvalue weighted by molar-refractivity contribution is 7.99. The molecule has 0 aliphatic carbocycles. The van der Waals surface area contributed by atoms with Crippen LogP contribution in [0.1, 0.15) is 11.1 Å². The molecule has 0 atom stereocenters. The number of hydrogen-bond acceptors (Lipinski definition) is 6. The molecule has 0 aliphatic heterocycles. The van der Waals surface area contributed by atoms with E-state index in [9.17, 15) is 4.79 Å². The Morgan fingerprint density at radius 1 is 1.07 bits per heavy atom. The molecule has 4 rings (SSSR count). The van der Waals surface area contributed by atoms with Crippen molar-refractivity contribution in [3.63, 3.8) is 0 Å². The van der Waals surface area contributed by atoms with Crippen LogP contribution in [0, 0.1) is 13.8 Å². The Morgan fingerprint density at radius 2 is 1.90 bits per heavy atom. The van der Waals surface area contributed by atoms with Crippen LogP contribution in [-0.4, -0.2) is 36.4 Å². The van der Waals surface area contributed by atoms with Crippen molar-refractivity contribution in [1.82, 2.24) is 24.7 Å². The SMILES string of the molecule is Cc1ccc(C)c(NC(=O)CSc2nnc(-c3cnccn3)n2-c2ccccc2)c1. The predicted octanol–water partition coefficient (Wildman–Crippen LogP) is 4.07. The number of para-hydroxylation sites is 1. The third-order valence-corrected chi connectivity index (χ3v) is 5.37. The first-order chi connectivity index (χ1) is 14.6. The maximum absolute atomic E-state index is 12.6. The van der Waals surface area contributed by atoms with E-state index in [1.807, 2.05) is 66.9 Å². The molecule has 0 bridgehead atoms. The molecule has 150 valence electrons. The van der Waals surface area contributed by atoms with Gasteiger partial charge in [0.05, 0.1) is 11.9 Å². The summed E-state index contributed by atoms with van der Waals surface area (Å²) < 4.78 is 1.89. The largest absolute Gasteiger partial charge is 0.325 e. The van der Waals surface area contributed by atoms with Crippen molar-refractivity contribution in [2.24, 2.45) is 0 Å². The van der Waals surface area contributed by atoms with Gasteiger partial charge in [0.15, 0.2) is 11.0 Å². The van der Waals surface area contributed by atoms with Gasteiger partial charge in [-0.3, -0.25) is 14.3 Å². The lowest BCUT2D eigenvalue weighted by Crippen LogP contribution is -2.15. The third-order valence-electron chi connectivity index (χ3n) is 4.44. The molecule has 1 N–H and O–H groups in total. The van der Waals surface area contributed by atoms with Gasteiger partial charge in [-0.1, -0.05) is 42.1 Å². The summed E-state index contributed by atoms with van der Waals surface area (Å²) in [6, 6.07) is 15.7. The fourth-order valence-electron chi connectivity index (χ4n) is 2.94. The Kier molecular flexibility index (Phi) is 5.85. The molecular formula is C22H20N6OS. The zero-order valence-corrected chi connectivity index (χ0v) is 17.4. The van der Waals surface area contributed by atoms with Crippen LogP contribution in [0.2, 0.25) is 0 Å². The molecule has 0 radical (unpaired) electrons. The monoisotopic (exact) mass is 416 g/mol. The van der Waals surface area contributed by atoms with Crippen LogP contribution >= 0.6 is 11.8 Å². The normalized spacial score (nSPS) is 10.7. The molecule has 0 spiro atoms. The first kappa shape index (κ1) is 19.8. The van der Waals surface area contributed by atoms with E-state index in [-0.39, 0.29) is 11.7 Å². The maximum Gasteiger partial charge on any atom is 0.234 e. The van der Waals surface area contributed by atoms with Gasteiger partial charge in [0.1, 0.15) is 5.69 Å². The summed E-state index contributed by atoms with van der Waals surface area (Å²) in [5, 5.41) is 12.2. The minimum absolute atomic E-state index is 0.0997. The van der Waals surface area contributed by atoms with Crippen molar-refractivity contribution in [1.29, 1.82) is 0 Å². The number of nitrogens with one attached hydrogen (secondary N) is 1. The summed E-state index contributed by atoms with van der Waals surface area (Å²) in [4.78, 5) is 21.0. The second kappa shape index (κ2) is 8.87. The van der Waals surface area contributed by atoms with Gasteiger partial charge in [-0.05, 0) is 43.2 Å². The van der Waals surface area contributed by atoms with E-state index in [0.717, 1.165) is 22.5 Å². The second-order valence-electron chi connectivity index (χ2n) is 6.72. The number of hydrogen-bond donors (Lipinski definition) is 1. The van der Waals surface area contributed by atoms with Gasteiger partial charge in [0.25, 0.3) is 0 Å². The summed E-state index contributed by atoms with van der Waals surface area (Å²) in [6.45, 7) is 3.97. The fourth-order valence-corrected chi connectivity index (χ4v) is 3.69. The Morgan fingerprint density at radius 3 is 2.67 bits per heavy atom. The molecule has 0 unspecified atom stereocenters. The minimum atomic E-state index is -0.0997. The molecule has 7 nitrogen and oxygen atoms in total. The van der Waals surface area contributed by atoms with Gasteiger partial charge in [0.2, 0.25) is 5.91 Å². The zero-order valence-electron chi connectivity index (χ0n) is 16.6. The Labute approximate surface area is 178 Å². The molecule has 4 aromatic rings. The number of thioether (sulfide) groups is 1. The number of anilines is 1. The lowest BCUT2D eigenvalue weighted by Gasteiger charge is -2.11. The minimum Gasteiger partial charge on any atom is -0.325 e. The van der Waals surface area contributed by atoms with Crippen LogP contribution in [0.5, 0.6) is 0 Å². The molecule has 2 aromatic carbocycles. The van der Waals surface area contributed by atoms with Gasteiger partial charge in [-0.15, -0.1) is 10.2 Å². The van der Waals surface area contributed by atoms with Crippen LogP contribution in [0.15, 0.2) is 72.3 Å². The van der Waals surface area contributed by atoms with E-state index in [1.54, 1.807) is 18.6 Å². The van der Waals surface area contributed by atoms with Crippen LogP contribution < -0.4 is 5.32 Å².